The molecule has 0 saturated carbocycles. The second-order valence-electron chi connectivity index (χ2n) is 5.52. The van der Waals surface area contributed by atoms with E-state index >= 15 is 0 Å². The molecule has 1 aromatic rings. The zero-order valence-electron chi connectivity index (χ0n) is 11.9. The number of rotatable bonds is 8. The van der Waals surface area contributed by atoms with Crippen molar-refractivity contribution < 1.29 is 4.79 Å². The maximum absolute atomic E-state index is 10.8. The molecular formula is C16H25NO. The number of hydrogen-bond donors (Lipinski definition) is 0. The van der Waals surface area contributed by atoms with E-state index in [0.29, 0.717) is 11.7 Å². The van der Waals surface area contributed by atoms with Crippen molar-refractivity contribution in [1.29, 1.82) is 0 Å². The van der Waals surface area contributed by atoms with Gasteiger partial charge in [0.2, 0.25) is 0 Å². The number of hydrogen-bond acceptors (Lipinski definition) is 2. The van der Waals surface area contributed by atoms with Crippen LogP contribution in [0.2, 0.25) is 0 Å². The molecule has 1 aromatic heterocycles. The van der Waals surface area contributed by atoms with Crippen LogP contribution in [0.25, 0.3) is 0 Å². The molecule has 100 valence electrons. The molecule has 0 radical (unpaired) electrons. The van der Waals surface area contributed by atoms with Crippen molar-refractivity contribution in [3.8, 4) is 0 Å². The highest BCUT2D eigenvalue weighted by atomic mass is 16.1. The van der Waals surface area contributed by atoms with Crippen LogP contribution in [0.15, 0.2) is 18.3 Å². The summed E-state index contributed by atoms with van der Waals surface area (Å²) in [5.41, 5.74) is 2.50. The molecule has 0 spiro atoms. The van der Waals surface area contributed by atoms with Gasteiger partial charge in [0.05, 0.1) is 0 Å². The maximum atomic E-state index is 10.8. The first-order chi connectivity index (χ1) is 8.58. The molecule has 0 aliphatic rings. The van der Waals surface area contributed by atoms with Crippen LogP contribution in [-0.4, -0.2) is 10.8 Å². The number of carbonyl (C=O) groups excluding carboxylic acids is 1. The van der Waals surface area contributed by atoms with E-state index in [1.807, 2.05) is 6.20 Å². The van der Waals surface area contributed by atoms with E-state index in [4.69, 9.17) is 0 Å². The summed E-state index contributed by atoms with van der Waals surface area (Å²) in [6.45, 7) is 6.09. The first-order valence-electron chi connectivity index (χ1n) is 7.01. The third-order valence-corrected chi connectivity index (χ3v) is 3.00. The number of aryl methyl sites for hydroxylation is 1. The quantitative estimate of drug-likeness (QED) is 0.651. The second-order valence-corrected chi connectivity index (χ2v) is 5.52. The van der Waals surface area contributed by atoms with Crippen molar-refractivity contribution in [1.82, 2.24) is 4.98 Å². The Morgan fingerprint density at radius 3 is 2.56 bits per heavy atom. The van der Waals surface area contributed by atoms with E-state index in [1.165, 1.54) is 11.3 Å². The van der Waals surface area contributed by atoms with Gasteiger partial charge in [0.25, 0.3) is 0 Å². The van der Waals surface area contributed by atoms with E-state index < -0.39 is 0 Å². The molecule has 0 saturated heterocycles. The highest BCUT2D eigenvalue weighted by molar-refractivity contribution is 5.75. The first-order valence-corrected chi connectivity index (χ1v) is 7.01. The third kappa shape index (κ3) is 6.53. The molecule has 2 heteroatoms. The minimum Gasteiger partial charge on any atom is -0.300 e. The molecule has 0 amide bonds. The van der Waals surface area contributed by atoms with E-state index in [0.717, 1.165) is 38.5 Å². The van der Waals surface area contributed by atoms with E-state index in [9.17, 15) is 4.79 Å². The van der Waals surface area contributed by atoms with Crippen LogP contribution >= 0.6 is 0 Å². The van der Waals surface area contributed by atoms with Crippen molar-refractivity contribution in [2.45, 2.75) is 59.3 Å². The average Bonchev–Trinajstić information content (AvgIpc) is 2.30. The van der Waals surface area contributed by atoms with Crippen molar-refractivity contribution in [3.63, 3.8) is 0 Å². The number of nitrogens with zero attached hydrogens (tertiary/aromatic N) is 1. The zero-order chi connectivity index (χ0) is 13.4. The van der Waals surface area contributed by atoms with Gasteiger partial charge in [-0.1, -0.05) is 26.3 Å². The van der Waals surface area contributed by atoms with E-state index in [2.05, 4.69) is 31.0 Å². The van der Waals surface area contributed by atoms with Crippen LogP contribution in [0, 0.1) is 5.92 Å². The second kappa shape index (κ2) is 8.02. The zero-order valence-corrected chi connectivity index (χ0v) is 11.9. The van der Waals surface area contributed by atoms with Gasteiger partial charge in [-0.15, -0.1) is 0 Å². The van der Waals surface area contributed by atoms with Gasteiger partial charge in [-0.3, -0.25) is 4.98 Å². The van der Waals surface area contributed by atoms with Gasteiger partial charge in [-0.05, 0) is 50.2 Å². The summed E-state index contributed by atoms with van der Waals surface area (Å²) in [6.07, 6.45) is 8.17. The largest absolute Gasteiger partial charge is 0.300 e. The molecule has 2 nitrogen and oxygen atoms in total. The van der Waals surface area contributed by atoms with Gasteiger partial charge in [0.15, 0.2) is 0 Å². The lowest BCUT2D eigenvalue weighted by atomic mass is 10.0. The summed E-state index contributed by atoms with van der Waals surface area (Å²) in [5.74, 6) is 0.963. The topological polar surface area (TPSA) is 30.0 Å². The molecule has 0 bridgehead atoms. The summed E-state index contributed by atoms with van der Waals surface area (Å²) < 4.78 is 0. The molecule has 0 aliphatic heterocycles. The van der Waals surface area contributed by atoms with Crippen molar-refractivity contribution in [2.75, 3.05) is 0 Å². The summed E-state index contributed by atoms with van der Waals surface area (Å²) in [6, 6.07) is 4.33. The Hall–Kier alpha value is -1.18. The van der Waals surface area contributed by atoms with Crippen LogP contribution in [0.1, 0.15) is 57.7 Å². The number of pyridine rings is 1. The van der Waals surface area contributed by atoms with Gasteiger partial charge in [0.1, 0.15) is 5.78 Å². The average molecular weight is 247 g/mol. The molecule has 18 heavy (non-hydrogen) atoms. The highest BCUT2D eigenvalue weighted by Crippen LogP contribution is 2.10. The normalized spacial score (nSPS) is 10.9. The fourth-order valence-corrected chi connectivity index (χ4v) is 2.02. The summed E-state index contributed by atoms with van der Waals surface area (Å²) in [4.78, 5) is 15.3. The Balaban J connectivity index is 2.24. The molecule has 0 N–H and O–H groups in total. The van der Waals surface area contributed by atoms with E-state index in [-0.39, 0.29) is 0 Å². The monoisotopic (exact) mass is 247 g/mol. The fraction of sp³-hybridized carbons (Fsp3) is 0.625. The summed E-state index contributed by atoms with van der Waals surface area (Å²) in [7, 11) is 0. The number of aromatic nitrogens is 1. The third-order valence-electron chi connectivity index (χ3n) is 3.00. The van der Waals surface area contributed by atoms with Crippen LogP contribution < -0.4 is 0 Å². The molecule has 0 unspecified atom stereocenters. The predicted octanol–water partition coefficient (Wildman–Crippen LogP) is 3.97. The Morgan fingerprint density at radius 2 is 2.00 bits per heavy atom. The molecular weight excluding hydrogens is 222 g/mol. The number of ketones is 1. The SMILES string of the molecule is CC(=O)CCCCCc1ccc(CC(C)C)nc1. The summed E-state index contributed by atoms with van der Waals surface area (Å²) in [5, 5.41) is 0. The van der Waals surface area contributed by atoms with Gasteiger partial charge in [0, 0.05) is 18.3 Å². The Morgan fingerprint density at radius 1 is 1.22 bits per heavy atom. The molecule has 1 heterocycles. The highest BCUT2D eigenvalue weighted by Gasteiger charge is 2.00. The smallest absolute Gasteiger partial charge is 0.129 e. The van der Waals surface area contributed by atoms with E-state index in [1.54, 1.807) is 6.92 Å². The Bertz CT molecular complexity index is 354. The van der Waals surface area contributed by atoms with Crippen molar-refractivity contribution >= 4 is 5.78 Å². The van der Waals surface area contributed by atoms with Crippen LogP contribution in [-0.2, 0) is 17.6 Å². The molecule has 0 aliphatic carbocycles. The number of carbonyl (C=O) groups is 1. The Kier molecular flexibility index (Phi) is 6.63. The molecule has 0 aromatic carbocycles. The summed E-state index contributed by atoms with van der Waals surface area (Å²) >= 11 is 0. The predicted molar refractivity (Wildman–Crippen MR) is 75.6 cm³/mol. The van der Waals surface area contributed by atoms with Gasteiger partial charge in [-0.25, -0.2) is 0 Å². The lowest BCUT2D eigenvalue weighted by molar-refractivity contribution is -0.117. The molecule has 0 fully saturated rings. The van der Waals surface area contributed by atoms with Crippen molar-refractivity contribution in [2.24, 2.45) is 5.92 Å². The van der Waals surface area contributed by atoms with Gasteiger partial charge < -0.3 is 4.79 Å². The minimum atomic E-state index is 0.301. The van der Waals surface area contributed by atoms with Gasteiger partial charge in [-0.2, -0.15) is 0 Å². The lowest BCUT2D eigenvalue weighted by Gasteiger charge is -2.05. The van der Waals surface area contributed by atoms with Gasteiger partial charge >= 0.3 is 0 Å². The fourth-order valence-electron chi connectivity index (χ4n) is 2.02. The number of unbranched alkanes of at least 4 members (excludes halogenated alkanes) is 2. The molecule has 0 atom stereocenters. The Labute approximate surface area is 111 Å². The maximum Gasteiger partial charge on any atom is 0.129 e. The molecule has 1 rings (SSSR count). The lowest BCUT2D eigenvalue weighted by Crippen LogP contribution is -1.98. The van der Waals surface area contributed by atoms with Crippen LogP contribution in [0.5, 0.6) is 0 Å². The van der Waals surface area contributed by atoms with Crippen LogP contribution in [0.4, 0.5) is 0 Å². The standard InChI is InChI=1S/C16H25NO/c1-13(2)11-16-10-9-15(12-17-16)8-6-4-5-7-14(3)18/h9-10,12-13H,4-8,11H2,1-3H3. The van der Waals surface area contributed by atoms with Crippen LogP contribution in [0.3, 0.4) is 0 Å². The van der Waals surface area contributed by atoms with Crippen molar-refractivity contribution in [3.05, 3.63) is 29.6 Å². The number of Topliss-reactive ketones (excluding diaryl/α,β-unsaturated/α-hetero) is 1. The minimum absolute atomic E-state index is 0.301. The first kappa shape index (κ1) is 14.9.